The Morgan fingerprint density at radius 3 is 2.70 bits per heavy atom. The number of anilines is 1. The second kappa shape index (κ2) is 7.58. The molecule has 1 saturated heterocycles. The van der Waals surface area contributed by atoms with Gasteiger partial charge in [0.2, 0.25) is 0 Å². The Hall–Kier alpha value is -2.57. The molecule has 1 fully saturated rings. The second-order valence-corrected chi connectivity index (χ2v) is 7.31. The summed E-state index contributed by atoms with van der Waals surface area (Å²) in [5.41, 5.74) is 2.63. The Bertz CT molecular complexity index is 933. The molecular formula is C20H21ClN4O2. The van der Waals surface area contributed by atoms with E-state index in [9.17, 15) is 9.90 Å². The highest BCUT2D eigenvalue weighted by Crippen LogP contribution is 2.23. The molecule has 4 rings (SSSR count). The number of hydrogen-bond acceptors (Lipinski definition) is 4. The van der Waals surface area contributed by atoms with E-state index < -0.39 is 6.10 Å². The van der Waals surface area contributed by atoms with E-state index in [1.165, 1.54) is 0 Å². The molecule has 0 bridgehead atoms. The minimum Gasteiger partial charge on any atom is -0.382 e. The Balaban J connectivity index is 1.33. The van der Waals surface area contributed by atoms with Crippen LogP contribution in [0.1, 0.15) is 24.5 Å². The van der Waals surface area contributed by atoms with Gasteiger partial charge in [-0.1, -0.05) is 23.7 Å². The number of amides is 1. The quantitative estimate of drug-likeness (QED) is 0.644. The first-order chi connectivity index (χ1) is 13.1. The highest BCUT2D eigenvalue weighted by molar-refractivity contribution is 6.30. The van der Waals surface area contributed by atoms with Crippen molar-refractivity contribution in [3.05, 3.63) is 59.2 Å². The number of fused-ring (bicyclic) bond motifs is 1. The van der Waals surface area contributed by atoms with Crippen LogP contribution in [0.25, 0.3) is 10.9 Å². The number of aliphatic hydroxyl groups excluding tert-OH is 1. The molecule has 1 amide bonds. The number of benzene rings is 2. The smallest absolute Gasteiger partial charge is 0.256 e. The number of rotatable bonds is 4. The zero-order chi connectivity index (χ0) is 18.8. The van der Waals surface area contributed by atoms with Gasteiger partial charge in [-0.3, -0.25) is 9.89 Å². The average Bonchev–Trinajstić information content (AvgIpc) is 3.16. The van der Waals surface area contributed by atoms with Gasteiger partial charge in [-0.25, -0.2) is 0 Å². The molecule has 1 aliphatic rings. The van der Waals surface area contributed by atoms with E-state index in [1.54, 1.807) is 35.4 Å². The van der Waals surface area contributed by atoms with Gasteiger partial charge in [0, 0.05) is 35.2 Å². The van der Waals surface area contributed by atoms with Gasteiger partial charge in [0.1, 0.15) is 0 Å². The van der Waals surface area contributed by atoms with Crippen LogP contribution in [-0.2, 0) is 4.79 Å². The lowest BCUT2D eigenvalue weighted by molar-refractivity contribution is -0.141. The topological polar surface area (TPSA) is 81.2 Å². The van der Waals surface area contributed by atoms with E-state index in [2.05, 4.69) is 21.6 Å². The molecule has 3 aromatic rings. The van der Waals surface area contributed by atoms with Crippen molar-refractivity contribution in [3.8, 4) is 0 Å². The Morgan fingerprint density at radius 1 is 1.22 bits per heavy atom. The van der Waals surface area contributed by atoms with Crippen molar-refractivity contribution in [2.24, 2.45) is 0 Å². The number of likely N-dealkylation sites (tertiary alicyclic amines) is 1. The van der Waals surface area contributed by atoms with Crippen molar-refractivity contribution >= 4 is 34.1 Å². The average molecular weight is 385 g/mol. The molecule has 140 valence electrons. The minimum atomic E-state index is -1.14. The van der Waals surface area contributed by atoms with Crippen LogP contribution in [0.4, 0.5) is 5.69 Å². The number of carbonyl (C=O) groups is 1. The van der Waals surface area contributed by atoms with Crippen LogP contribution in [0, 0.1) is 0 Å². The number of hydrogen-bond donors (Lipinski definition) is 3. The number of halogens is 1. The molecule has 27 heavy (non-hydrogen) atoms. The SMILES string of the molecule is O=C(C(O)c1ccc(Cl)cc1)N1CCC(Nc2ccc3[nH]ncc3c2)CC1. The minimum absolute atomic E-state index is 0.254. The molecule has 0 radical (unpaired) electrons. The summed E-state index contributed by atoms with van der Waals surface area (Å²) in [6.45, 7) is 1.24. The third-order valence-electron chi connectivity index (χ3n) is 5.04. The molecule has 0 spiro atoms. The Morgan fingerprint density at radius 2 is 1.96 bits per heavy atom. The van der Waals surface area contributed by atoms with E-state index in [0.717, 1.165) is 29.4 Å². The number of aromatic amines is 1. The van der Waals surface area contributed by atoms with Gasteiger partial charge < -0.3 is 15.3 Å². The lowest BCUT2D eigenvalue weighted by atomic mass is 10.0. The zero-order valence-electron chi connectivity index (χ0n) is 14.7. The van der Waals surface area contributed by atoms with Gasteiger partial charge in [0.15, 0.2) is 6.10 Å². The first-order valence-corrected chi connectivity index (χ1v) is 9.40. The van der Waals surface area contributed by atoms with Gasteiger partial charge in [-0.05, 0) is 48.7 Å². The van der Waals surface area contributed by atoms with Crippen LogP contribution in [0.3, 0.4) is 0 Å². The summed E-state index contributed by atoms with van der Waals surface area (Å²) >= 11 is 5.86. The number of carbonyl (C=O) groups excluding carboxylic acids is 1. The maximum Gasteiger partial charge on any atom is 0.256 e. The fraction of sp³-hybridized carbons (Fsp3) is 0.300. The normalized spacial score (nSPS) is 16.4. The third kappa shape index (κ3) is 3.91. The summed E-state index contributed by atoms with van der Waals surface area (Å²) in [4.78, 5) is 14.3. The van der Waals surface area contributed by atoms with Crippen molar-refractivity contribution in [2.75, 3.05) is 18.4 Å². The van der Waals surface area contributed by atoms with Gasteiger partial charge in [-0.15, -0.1) is 0 Å². The Labute approximate surface area is 162 Å². The van der Waals surface area contributed by atoms with Gasteiger partial charge in [0.05, 0.1) is 11.7 Å². The van der Waals surface area contributed by atoms with Gasteiger partial charge in [-0.2, -0.15) is 5.10 Å². The van der Waals surface area contributed by atoms with Crippen LogP contribution in [0.5, 0.6) is 0 Å². The molecule has 0 aliphatic carbocycles. The largest absolute Gasteiger partial charge is 0.382 e. The van der Waals surface area contributed by atoms with Crippen molar-refractivity contribution in [3.63, 3.8) is 0 Å². The first kappa shape index (κ1) is 17.8. The van der Waals surface area contributed by atoms with Crippen LogP contribution >= 0.6 is 11.6 Å². The van der Waals surface area contributed by atoms with Crippen LogP contribution in [0.15, 0.2) is 48.7 Å². The molecule has 6 nitrogen and oxygen atoms in total. The first-order valence-electron chi connectivity index (χ1n) is 9.02. The van der Waals surface area contributed by atoms with Crippen molar-refractivity contribution < 1.29 is 9.90 Å². The number of aromatic nitrogens is 2. The fourth-order valence-electron chi connectivity index (χ4n) is 3.47. The van der Waals surface area contributed by atoms with E-state index >= 15 is 0 Å². The molecule has 2 heterocycles. The summed E-state index contributed by atoms with van der Waals surface area (Å²) in [6.07, 6.45) is 2.33. The standard InChI is InChI=1S/C20H21ClN4O2/c21-15-3-1-13(2-4-15)19(26)20(27)25-9-7-16(8-10-25)23-17-5-6-18-14(11-17)12-22-24-18/h1-6,11-12,16,19,23,26H,7-10H2,(H,22,24). The number of aliphatic hydroxyl groups is 1. The molecule has 1 atom stereocenters. The summed E-state index contributed by atoms with van der Waals surface area (Å²) in [5.74, 6) is -0.254. The number of piperidine rings is 1. The summed E-state index contributed by atoms with van der Waals surface area (Å²) in [7, 11) is 0. The molecule has 3 N–H and O–H groups in total. The second-order valence-electron chi connectivity index (χ2n) is 6.87. The van der Waals surface area contributed by atoms with Crippen LogP contribution < -0.4 is 5.32 Å². The Kier molecular flexibility index (Phi) is 5.01. The highest BCUT2D eigenvalue weighted by atomic mass is 35.5. The number of nitrogens with zero attached hydrogens (tertiary/aromatic N) is 2. The lowest BCUT2D eigenvalue weighted by Crippen LogP contribution is -2.44. The molecule has 0 saturated carbocycles. The molecule has 1 aliphatic heterocycles. The van der Waals surface area contributed by atoms with Crippen LogP contribution in [0.2, 0.25) is 5.02 Å². The summed E-state index contributed by atoms with van der Waals surface area (Å²) < 4.78 is 0. The fourth-order valence-corrected chi connectivity index (χ4v) is 3.60. The number of nitrogens with one attached hydrogen (secondary N) is 2. The van der Waals surface area contributed by atoms with E-state index in [0.29, 0.717) is 29.7 Å². The number of H-pyrrole nitrogens is 1. The van der Waals surface area contributed by atoms with Gasteiger partial charge >= 0.3 is 0 Å². The molecular weight excluding hydrogens is 364 g/mol. The van der Waals surface area contributed by atoms with Gasteiger partial charge in [0.25, 0.3) is 5.91 Å². The van der Waals surface area contributed by atoms with Crippen LogP contribution in [-0.4, -0.2) is 45.2 Å². The molecule has 1 unspecified atom stereocenters. The highest BCUT2D eigenvalue weighted by Gasteiger charge is 2.28. The third-order valence-corrected chi connectivity index (χ3v) is 5.29. The van der Waals surface area contributed by atoms with Crippen molar-refractivity contribution in [1.29, 1.82) is 0 Å². The van der Waals surface area contributed by atoms with E-state index in [1.807, 2.05) is 12.1 Å². The maximum absolute atomic E-state index is 12.6. The molecule has 2 aromatic carbocycles. The van der Waals surface area contributed by atoms with E-state index in [4.69, 9.17) is 11.6 Å². The lowest BCUT2D eigenvalue weighted by Gasteiger charge is -2.34. The molecule has 1 aromatic heterocycles. The van der Waals surface area contributed by atoms with Crippen molar-refractivity contribution in [2.45, 2.75) is 25.0 Å². The predicted molar refractivity (Wildman–Crippen MR) is 106 cm³/mol. The monoisotopic (exact) mass is 384 g/mol. The maximum atomic E-state index is 12.6. The summed E-state index contributed by atoms with van der Waals surface area (Å²) in [5, 5.41) is 22.5. The zero-order valence-corrected chi connectivity index (χ0v) is 15.5. The predicted octanol–water partition coefficient (Wildman–Crippen LogP) is 3.35. The van der Waals surface area contributed by atoms with E-state index in [-0.39, 0.29) is 5.91 Å². The molecule has 7 heteroatoms. The summed E-state index contributed by atoms with van der Waals surface area (Å²) in [6, 6.07) is 13.1. The van der Waals surface area contributed by atoms with Crippen molar-refractivity contribution in [1.82, 2.24) is 15.1 Å².